The number of allylic oxidation sites excluding steroid dienone is 1. The Morgan fingerprint density at radius 1 is 1.03 bits per heavy atom. The standard InChI is InChI=1S/C30H48O4/c1-17(15-21(32)25-27(4,5)34-25)18-9-13-29(7)19(18)16-20(31)24-28(6)12-11-23(33)26(2,3)22(28)10-14-30(24,29)8/h17,20-22,24-25,31-32H,9-16H2,1-8H3/t17-,20+,21+,22?,24+,25-,28+,29+,30+/m1/s1. The van der Waals surface area contributed by atoms with Crippen molar-refractivity contribution in [2.75, 3.05) is 0 Å². The first-order valence-corrected chi connectivity index (χ1v) is 13.9. The van der Waals surface area contributed by atoms with Gasteiger partial charge in [0, 0.05) is 11.8 Å². The lowest BCUT2D eigenvalue weighted by atomic mass is 9.36. The second-order valence-electron chi connectivity index (χ2n) is 14.6. The van der Waals surface area contributed by atoms with Crippen LogP contribution in [-0.2, 0) is 9.53 Å². The molecule has 4 fully saturated rings. The molecule has 4 nitrogen and oxygen atoms in total. The Bertz CT molecular complexity index is 917. The van der Waals surface area contributed by atoms with Gasteiger partial charge in [0.05, 0.1) is 17.8 Å². The van der Waals surface area contributed by atoms with E-state index >= 15 is 0 Å². The predicted octanol–water partition coefficient (Wildman–Crippen LogP) is 5.84. The summed E-state index contributed by atoms with van der Waals surface area (Å²) in [6, 6.07) is 0. The van der Waals surface area contributed by atoms with E-state index < -0.39 is 6.10 Å². The molecular weight excluding hydrogens is 424 g/mol. The smallest absolute Gasteiger partial charge is 0.138 e. The van der Waals surface area contributed by atoms with E-state index in [9.17, 15) is 15.0 Å². The summed E-state index contributed by atoms with van der Waals surface area (Å²) in [6.45, 7) is 18.0. The Morgan fingerprint density at radius 2 is 1.68 bits per heavy atom. The van der Waals surface area contributed by atoms with E-state index in [1.807, 2.05) is 0 Å². The van der Waals surface area contributed by atoms with Gasteiger partial charge in [0.2, 0.25) is 0 Å². The lowest BCUT2D eigenvalue weighted by Crippen LogP contribution is -2.65. The van der Waals surface area contributed by atoms with Crippen LogP contribution in [0.2, 0.25) is 0 Å². The molecule has 0 bridgehead atoms. The molecule has 0 aromatic carbocycles. The number of ether oxygens (including phenoxy) is 1. The van der Waals surface area contributed by atoms with Gasteiger partial charge in [-0.15, -0.1) is 0 Å². The molecule has 1 unspecified atom stereocenters. The highest BCUT2D eigenvalue weighted by Gasteiger charge is 2.69. The van der Waals surface area contributed by atoms with Crippen LogP contribution in [0.3, 0.4) is 0 Å². The van der Waals surface area contributed by atoms with Crippen molar-refractivity contribution in [2.45, 2.75) is 131 Å². The molecule has 1 aliphatic heterocycles. The van der Waals surface area contributed by atoms with Crippen LogP contribution >= 0.6 is 0 Å². The zero-order valence-electron chi connectivity index (χ0n) is 22.8. The fourth-order valence-electron chi connectivity index (χ4n) is 10.1. The number of carbonyl (C=O) groups is 1. The Morgan fingerprint density at radius 3 is 2.29 bits per heavy atom. The van der Waals surface area contributed by atoms with E-state index in [2.05, 4.69) is 55.4 Å². The van der Waals surface area contributed by atoms with Crippen LogP contribution in [0.1, 0.15) is 107 Å². The van der Waals surface area contributed by atoms with Crippen molar-refractivity contribution >= 4 is 5.78 Å². The van der Waals surface area contributed by atoms with Gasteiger partial charge in [-0.2, -0.15) is 0 Å². The van der Waals surface area contributed by atoms with Crippen LogP contribution in [0.15, 0.2) is 11.1 Å². The number of hydrogen-bond donors (Lipinski definition) is 2. The van der Waals surface area contributed by atoms with Crippen molar-refractivity contribution in [1.29, 1.82) is 0 Å². The Balaban J connectivity index is 1.47. The molecule has 2 N–H and O–H groups in total. The monoisotopic (exact) mass is 472 g/mol. The SMILES string of the molecule is C[C@H](C[C@H](O)[C@H]1OC1(C)C)C1=C2C[C@H](O)[C@H]3[C@@]4(C)CCC(=O)C(C)(C)C4CC[C@]3(C)[C@@]2(C)CC1. The molecular formula is C30H48O4. The predicted molar refractivity (Wildman–Crippen MR) is 134 cm³/mol. The van der Waals surface area contributed by atoms with Crippen molar-refractivity contribution in [2.24, 2.45) is 39.4 Å². The molecule has 0 radical (unpaired) electrons. The summed E-state index contributed by atoms with van der Waals surface area (Å²) in [5, 5.41) is 22.6. The molecule has 192 valence electrons. The number of hydrogen-bond acceptors (Lipinski definition) is 4. The summed E-state index contributed by atoms with van der Waals surface area (Å²) in [6.07, 6.45) is 6.59. The zero-order chi connectivity index (χ0) is 25.1. The third kappa shape index (κ3) is 3.16. The third-order valence-corrected chi connectivity index (χ3v) is 12.2. The molecule has 34 heavy (non-hydrogen) atoms. The van der Waals surface area contributed by atoms with Crippen molar-refractivity contribution in [3.8, 4) is 0 Å². The zero-order valence-corrected chi connectivity index (χ0v) is 22.8. The Kier molecular flexibility index (Phi) is 5.44. The minimum absolute atomic E-state index is 0.00216. The summed E-state index contributed by atoms with van der Waals surface area (Å²) < 4.78 is 5.72. The van der Waals surface area contributed by atoms with E-state index in [4.69, 9.17) is 4.74 Å². The topological polar surface area (TPSA) is 70.1 Å². The lowest BCUT2D eigenvalue weighted by molar-refractivity contribution is -0.208. The largest absolute Gasteiger partial charge is 0.392 e. The molecule has 5 aliphatic rings. The molecule has 9 atom stereocenters. The quantitative estimate of drug-likeness (QED) is 0.398. The van der Waals surface area contributed by atoms with Crippen LogP contribution in [0.25, 0.3) is 0 Å². The number of Topliss-reactive ketones (excluding diaryl/α,β-unsaturated/α-hetero) is 1. The third-order valence-electron chi connectivity index (χ3n) is 12.2. The number of ketones is 1. The van der Waals surface area contributed by atoms with Gasteiger partial charge in [-0.3, -0.25) is 4.79 Å². The summed E-state index contributed by atoms with van der Waals surface area (Å²) in [5.41, 5.74) is 2.59. The molecule has 0 aromatic heterocycles. The van der Waals surface area contributed by atoms with E-state index in [-0.39, 0.29) is 45.4 Å². The number of rotatable bonds is 4. The molecule has 4 heteroatoms. The second-order valence-corrected chi connectivity index (χ2v) is 14.6. The fraction of sp³-hybridized carbons (Fsp3) is 0.900. The first-order valence-electron chi connectivity index (χ1n) is 13.9. The van der Waals surface area contributed by atoms with Gasteiger partial charge in [-0.1, -0.05) is 52.7 Å². The normalized spacial score (nSPS) is 48.6. The molecule has 3 saturated carbocycles. The molecule has 1 heterocycles. The van der Waals surface area contributed by atoms with Crippen LogP contribution in [0, 0.1) is 39.4 Å². The average Bonchev–Trinajstić information content (AvgIpc) is 3.23. The van der Waals surface area contributed by atoms with E-state index in [1.54, 1.807) is 0 Å². The maximum absolute atomic E-state index is 12.9. The fourth-order valence-corrected chi connectivity index (χ4v) is 10.1. The number of fused-ring (bicyclic) bond motifs is 5. The van der Waals surface area contributed by atoms with E-state index in [0.717, 1.165) is 44.9 Å². The highest BCUT2D eigenvalue weighted by atomic mass is 16.6. The van der Waals surface area contributed by atoms with Crippen LogP contribution in [0.5, 0.6) is 0 Å². The molecule has 0 spiro atoms. The number of carbonyl (C=O) groups excluding carboxylic acids is 1. The average molecular weight is 473 g/mol. The maximum atomic E-state index is 12.9. The molecule has 0 amide bonds. The highest BCUT2D eigenvalue weighted by molar-refractivity contribution is 5.85. The van der Waals surface area contributed by atoms with E-state index in [0.29, 0.717) is 24.0 Å². The van der Waals surface area contributed by atoms with Crippen molar-refractivity contribution in [1.82, 2.24) is 0 Å². The summed E-state index contributed by atoms with van der Waals surface area (Å²) in [4.78, 5) is 12.9. The maximum Gasteiger partial charge on any atom is 0.138 e. The van der Waals surface area contributed by atoms with Gasteiger partial charge in [-0.25, -0.2) is 0 Å². The summed E-state index contributed by atoms with van der Waals surface area (Å²) in [7, 11) is 0. The molecule has 0 aromatic rings. The second kappa shape index (κ2) is 7.42. The van der Waals surface area contributed by atoms with Crippen LogP contribution in [0.4, 0.5) is 0 Å². The lowest BCUT2D eigenvalue weighted by Gasteiger charge is -2.69. The van der Waals surface area contributed by atoms with Gasteiger partial charge in [0.1, 0.15) is 11.9 Å². The van der Waals surface area contributed by atoms with E-state index in [1.165, 1.54) is 11.1 Å². The first-order chi connectivity index (χ1) is 15.6. The number of epoxide rings is 1. The van der Waals surface area contributed by atoms with Crippen LogP contribution < -0.4 is 0 Å². The van der Waals surface area contributed by atoms with Crippen LogP contribution in [-0.4, -0.2) is 39.9 Å². The minimum Gasteiger partial charge on any atom is -0.392 e. The van der Waals surface area contributed by atoms with Gasteiger partial charge in [0.15, 0.2) is 0 Å². The van der Waals surface area contributed by atoms with Gasteiger partial charge in [-0.05, 0) is 92.8 Å². The van der Waals surface area contributed by atoms with Crippen molar-refractivity contribution in [3.05, 3.63) is 11.1 Å². The minimum atomic E-state index is -0.432. The summed E-state index contributed by atoms with van der Waals surface area (Å²) in [5.74, 6) is 1.28. The van der Waals surface area contributed by atoms with Gasteiger partial charge >= 0.3 is 0 Å². The Labute approximate surface area is 206 Å². The number of aliphatic hydroxyl groups is 2. The molecule has 5 rings (SSSR count). The van der Waals surface area contributed by atoms with Gasteiger partial charge in [0.25, 0.3) is 0 Å². The highest BCUT2D eigenvalue weighted by Crippen LogP contribution is 2.74. The van der Waals surface area contributed by atoms with Crippen molar-refractivity contribution in [3.63, 3.8) is 0 Å². The first kappa shape index (κ1) is 25.0. The number of aliphatic hydroxyl groups excluding tert-OH is 2. The van der Waals surface area contributed by atoms with Crippen molar-refractivity contribution < 1.29 is 19.7 Å². The summed E-state index contributed by atoms with van der Waals surface area (Å²) >= 11 is 0. The molecule has 4 aliphatic carbocycles. The molecule has 1 saturated heterocycles. The Hall–Kier alpha value is -0.710. The van der Waals surface area contributed by atoms with Gasteiger partial charge < -0.3 is 14.9 Å².